The second kappa shape index (κ2) is 5.13. The summed E-state index contributed by atoms with van der Waals surface area (Å²) in [5.74, 6) is 0.725. The number of nitriles is 1. The molecule has 0 spiro atoms. The monoisotopic (exact) mass is 233 g/mol. The van der Waals surface area contributed by atoms with Gasteiger partial charge in [0.25, 0.3) is 0 Å². The van der Waals surface area contributed by atoms with E-state index in [1.165, 1.54) is 0 Å². The molecule has 1 N–H and O–H groups in total. The van der Waals surface area contributed by atoms with Crippen molar-refractivity contribution in [1.82, 2.24) is 4.98 Å². The maximum Gasteiger partial charge on any atom is 0.130 e. The van der Waals surface area contributed by atoms with Crippen molar-refractivity contribution in [3.05, 3.63) is 23.9 Å². The molecule has 2 atom stereocenters. The fourth-order valence-electron chi connectivity index (χ4n) is 2.14. The van der Waals surface area contributed by atoms with Gasteiger partial charge in [-0.3, -0.25) is 0 Å². The number of aliphatic hydroxyl groups is 1. The fraction of sp³-hybridized carbons (Fsp3) is 0.500. The molecular formula is C12H15N3O2. The topological polar surface area (TPSA) is 69.4 Å². The Hall–Kier alpha value is -1.64. The molecule has 0 saturated carbocycles. The summed E-state index contributed by atoms with van der Waals surface area (Å²) in [6.45, 7) is 0.766. The Morgan fingerprint density at radius 2 is 2.53 bits per heavy atom. The third-order valence-electron chi connectivity index (χ3n) is 3.09. The maximum atomic E-state index is 9.35. The average Bonchev–Trinajstić information content (AvgIpc) is 2.82. The maximum absolute atomic E-state index is 9.35. The van der Waals surface area contributed by atoms with Gasteiger partial charge < -0.3 is 14.7 Å². The van der Waals surface area contributed by atoms with Crippen molar-refractivity contribution in [2.24, 2.45) is 0 Å². The fourth-order valence-corrected chi connectivity index (χ4v) is 2.14. The van der Waals surface area contributed by atoms with Crippen molar-refractivity contribution in [3.63, 3.8) is 0 Å². The molecule has 2 rings (SSSR count). The summed E-state index contributed by atoms with van der Waals surface area (Å²) in [5, 5.41) is 18.2. The Labute approximate surface area is 100 Å². The standard InChI is InChI=1S/C12H15N3O2/c1-17-11-5-10(8-16)15(7-11)12-4-9(6-13)2-3-14-12/h2-4,10-11,16H,5,7-8H2,1H3/t10-,11-/m0/s1. The van der Waals surface area contributed by atoms with Crippen LogP contribution in [0.25, 0.3) is 0 Å². The molecule has 17 heavy (non-hydrogen) atoms. The lowest BCUT2D eigenvalue weighted by Gasteiger charge is -2.23. The number of methoxy groups -OCH3 is 1. The number of nitrogens with zero attached hydrogens (tertiary/aromatic N) is 3. The molecule has 0 unspecified atom stereocenters. The molecule has 1 aromatic rings. The van der Waals surface area contributed by atoms with Crippen LogP contribution < -0.4 is 4.90 Å². The quantitative estimate of drug-likeness (QED) is 0.825. The summed E-state index contributed by atoms with van der Waals surface area (Å²) in [4.78, 5) is 6.24. The Morgan fingerprint density at radius 1 is 1.71 bits per heavy atom. The minimum atomic E-state index is 0.0152. The Bertz CT molecular complexity index is 430. The summed E-state index contributed by atoms with van der Waals surface area (Å²) < 4.78 is 5.31. The SMILES string of the molecule is CO[C@H]1C[C@@H](CO)N(c2cc(C#N)ccn2)C1. The van der Waals surface area contributed by atoms with E-state index >= 15 is 0 Å². The number of ether oxygens (including phenoxy) is 1. The predicted molar refractivity (Wildman–Crippen MR) is 62.6 cm³/mol. The van der Waals surface area contributed by atoms with Crippen LogP contribution in [0.15, 0.2) is 18.3 Å². The first-order chi connectivity index (χ1) is 8.28. The van der Waals surface area contributed by atoms with Gasteiger partial charge in [0, 0.05) is 19.9 Å². The van der Waals surface area contributed by atoms with Gasteiger partial charge in [-0.2, -0.15) is 5.26 Å². The van der Waals surface area contributed by atoms with Crippen LogP contribution in [0.3, 0.4) is 0 Å². The van der Waals surface area contributed by atoms with E-state index in [0.717, 1.165) is 12.2 Å². The van der Waals surface area contributed by atoms with Gasteiger partial charge in [-0.15, -0.1) is 0 Å². The van der Waals surface area contributed by atoms with E-state index in [4.69, 9.17) is 10.00 Å². The van der Waals surface area contributed by atoms with Gasteiger partial charge in [0.2, 0.25) is 0 Å². The van der Waals surface area contributed by atoms with E-state index in [1.807, 2.05) is 4.90 Å². The normalized spacial score (nSPS) is 23.7. The molecule has 0 aliphatic carbocycles. The summed E-state index contributed by atoms with van der Waals surface area (Å²) in [7, 11) is 1.67. The van der Waals surface area contributed by atoms with E-state index in [2.05, 4.69) is 11.1 Å². The highest BCUT2D eigenvalue weighted by Gasteiger charge is 2.32. The number of aliphatic hydroxyl groups excluding tert-OH is 1. The molecule has 1 saturated heterocycles. The largest absolute Gasteiger partial charge is 0.394 e. The Kier molecular flexibility index (Phi) is 3.57. The van der Waals surface area contributed by atoms with E-state index < -0.39 is 0 Å². The predicted octanol–water partition coefficient (Wildman–Crippen LogP) is 0.539. The number of pyridine rings is 1. The van der Waals surface area contributed by atoms with E-state index in [9.17, 15) is 5.11 Å². The molecule has 0 radical (unpaired) electrons. The van der Waals surface area contributed by atoms with Crippen molar-refractivity contribution in [2.45, 2.75) is 18.6 Å². The number of aromatic nitrogens is 1. The van der Waals surface area contributed by atoms with Crippen LogP contribution in [0.2, 0.25) is 0 Å². The number of rotatable bonds is 3. The smallest absolute Gasteiger partial charge is 0.130 e. The van der Waals surface area contributed by atoms with Crippen molar-refractivity contribution in [2.75, 3.05) is 25.2 Å². The second-order valence-electron chi connectivity index (χ2n) is 4.10. The van der Waals surface area contributed by atoms with Crippen molar-refractivity contribution in [3.8, 4) is 6.07 Å². The van der Waals surface area contributed by atoms with Crippen molar-refractivity contribution < 1.29 is 9.84 Å². The molecule has 5 heteroatoms. The number of anilines is 1. The molecule has 1 aliphatic heterocycles. The Morgan fingerprint density at radius 3 is 3.18 bits per heavy atom. The number of hydrogen-bond acceptors (Lipinski definition) is 5. The first-order valence-electron chi connectivity index (χ1n) is 5.55. The summed E-state index contributed by atoms with van der Waals surface area (Å²) in [5.41, 5.74) is 0.576. The molecular weight excluding hydrogens is 218 g/mol. The Balaban J connectivity index is 2.23. The van der Waals surface area contributed by atoms with Gasteiger partial charge in [0.05, 0.1) is 30.4 Å². The van der Waals surface area contributed by atoms with Crippen LogP contribution in [0.5, 0.6) is 0 Å². The lowest BCUT2D eigenvalue weighted by Crippen LogP contribution is -2.33. The lowest BCUT2D eigenvalue weighted by atomic mass is 10.2. The first kappa shape index (κ1) is 11.8. The highest BCUT2D eigenvalue weighted by Crippen LogP contribution is 2.25. The average molecular weight is 233 g/mol. The molecule has 90 valence electrons. The highest BCUT2D eigenvalue weighted by molar-refractivity contribution is 5.47. The van der Waals surface area contributed by atoms with Crippen LogP contribution in [0.1, 0.15) is 12.0 Å². The first-order valence-corrected chi connectivity index (χ1v) is 5.55. The molecule has 0 amide bonds. The second-order valence-corrected chi connectivity index (χ2v) is 4.10. The minimum Gasteiger partial charge on any atom is -0.394 e. The van der Waals surface area contributed by atoms with Gasteiger partial charge in [0.1, 0.15) is 5.82 Å². The van der Waals surface area contributed by atoms with Gasteiger partial charge in [-0.05, 0) is 18.6 Å². The van der Waals surface area contributed by atoms with Crippen LogP contribution >= 0.6 is 0 Å². The van der Waals surface area contributed by atoms with E-state index in [1.54, 1.807) is 25.4 Å². The summed E-state index contributed by atoms with van der Waals surface area (Å²) in [6.07, 6.45) is 2.51. The van der Waals surface area contributed by atoms with Gasteiger partial charge >= 0.3 is 0 Å². The highest BCUT2D eigenvalue weighted by atomic mass is 16.5. The number of hydrogen-bond donors (Lipinski definition) is 1. The third-order valence-corrected chi connectivity index (χ3v) is 3.09. The molecule has 5 nitrogen and oxygen atoms in total. The van der Waals surface area contributed by atoms with Gasteiger partial charge in [-0.1, -0.05) is 0 Å². The molecule has 1 fully saturated rings. The van der Waals surface area contributed by atoms with Crippen LogP contribution in [-0.2, 0) is 4.74 Å². The zero-order valence-electron chi connectivity index (χ0n) is 9.71. The zero-order valence-corrected chi connectivity index (χ0v) is 9.71. The van der Waals surface area contributed by atoms with Crippen molar-refractivity contribution in [1.29, 1.82) is 5.26 Å². The van der Waals surface area contributed by atoms with E-state index in [0.29, 0.717) is 12.1 Å². The summed E-state index contributed by atoms with van der Waals surface area (Å²) >= 11 is 0. The lowest BCUT2D eigenvalue weighted by molar-refractivity contribution is 0.115. The van der Waals surface area contributed by atoms with Gasteiger partial charge in [-0.25, -0.2) is 4.98 Å². The van der Waals surface area contributed by atoms with Crippen LogP contribution in [0, 0.1) is 11.3 Å². The molecule has 0 bridgehead atoms. The van der Waals surface area contributed by atoms with E-state index in [-0.39, 0.29) is 18.8 Å². The minimum absolute atomic E-state index is 0.0152. The molecule has 0 aromatic carbocycles. The van der Waals surface area contributed by atoms with Crippen molar-refractivity contribution >= 4 is 5.82 Å². The third kappa shape index (κ3) is 2.38. The molecule has 1 aromatic heterocycles. The van der Waals surface area contributed by atoms with Crippen LogP contribution in [0.4, 0.5) is 5.82 Å². The molecule has 1 aliphatic rings. The van der Waals surface area contributed by atoms with Crippen LogP contribution in [-0.4, -0.2) is 42.5 Å². The molecule has 2 heterocycles. The zero-order chi connectivity index (χ0) is 12.3. The van der Waals surface area contributed by atoms with Gasteiger partial charge in [0.15, 0.2) is 0 Å². The summed E-state index contributed by atoms with van der Waals surface area (Å²) in [6, 6.07) is 5.51.